The van der Waals surface area contributed by atoms with E-state index >= 15 is 0 Å². The van der Waals surface area contributed by atoms with E-state index in [-0.39, 0.29) is 11.5 Å². The second kappa shape index (κ2) is 4.48. The molecule has 0 unspecified atom stereocenters. The van der Waals surface area contributed by atoms with Crippen LogP contribution < -0.4 is 0 Å². The summed E-state index contributed by atoms with van der Waals surface area (Å²) >= 11 is 0. The van der Waals surface area contributed by atoms with E-state index in [0.717, 1.165) is 24.1 Å². The van der Waals surface area contributed by atoms with Gasteiger partial charge in [0.25, 0.3) is 0 Å². The first kappa shape index (κ1) is 13.1. The maximum Gasteiger partial charge on any atom is 0.213 e. The summed E-state index contributed by atoms with van der Waals surface area (Å²) in [5.74, 6) is 0.349. The molecule has 0 radical (unpaired) electrons. The van der Waals surface area contributed by atoms with Crippen molar-refractivity contribution in [3.05, 3.63) is 11.3 Å². The van der Waals surface area contributed by atoms with E-state index in [1.807, 2.05) is 13.8 Å². The summed E-state index contributed by atoms with van der Waals surface area (Å²) < 4.78 is 1.73. The molecule has 0 saturated carbocycles. The first-order valence-electron chi connectivity index (χ1n) is 6.09. The lowest BCUT2D eigenvalue weighted by Gasteiger charge is -2.17. The van der Waals surface area contributed by atoms with Crippen molar-refractivity contribution >= 4 is 0 Å². The minimum atomic E-state index is -0.0118. The van der Waals surface area contributed by atoms with Crippen LogP contribution in [0.25, 0.3) is 0 Å². The zero-order valence-electron chi connectivity index (χ0n) is 11.3. The monoisotopic (exact) mass is 224 g/mol. The minimum absolute atomic E-state index is 0.0118. The van der Waals surface area contributed by atoms with Crippen LogP contribution in [0.15, 0.2) is 0 Å². The molecule has 92 valence electrons. The van der Waals surface area contributed by atoms with Gasteiger partial charge in [0.2, 0.25) is 5.88 Å². The predicted molar refractivity (Wildman–Crippen MR) is 67.0 cm³/mol. The zero-order valence-corrected chi connectivity index (χ0v) is 11.3. The molecule has 0 amide bonds. The Morgan fingerprint density at radius 2 is 1.88 bits per heavy atom. The molecule has 0 bridgehead atoms. The Morgan fingerprint density at radius 1 is 1.31 bits per heavy atom. The van der Waals surface area contributed by atoms with Crippen LogP contribution >= 0.6 is 0 Å². The second-order valence-corrected chi connectivity index (χ2v) is 5.69. The normalized spacial score (nSPS) is 12.4. The van der Waals surface area contributed by atoms with Crippen molar-refractivity contribution in [2.45, 2.75) is 65.8 Å². The van der Waals surface area contributed by atoms with Gasteiger partial charge in [-0.15, -0.1) is 0 Å². The average molecular weight is 224 g/mol. The maximum absolute atomic E-state index is 10.2. The Bertz CT molecular complexity index is 359. The summed E-state index contributed by atoms with van der Waals surface area (Å²) in [4.78, 5) is 0. The molecule has 1 heterocycles. The van der Waals surface area contributed by atoms with E-state index in [4.69, 9.17) is 0 Å². The number of hydrogen-bond acceptors (Lipinski definition) is 2. The Labute approximate surface area is 98.5 Å². The Kier molecular flexibility index (Phi) is 3.66. The Balaban J connectivity index is 3.31. The predicted octanol–water partition coefficient (Wildman–Crippen LogP) is 3.42. The SMILES string of the molecule is CCCc1c(C(C)(C)C)nn(C(C)C)c1O. The van der Waals surface area contributed by atoms with Gasteiger partial charge >= 0.3 is 0 Å². The molecule has 0 atom stereocenters. The molecule has 0 fully saturated rings. The highest BCUT2D eigenvalue weighted by Gasteiger charge is 2.26. The number of nitrogens with zero attached hydrogens (tertiary/aromatic N) is 2. The molecule has 0 aliphatic heterocycles. The molecule has 3 heteroatoms. The van der Waals surface area contributed by atoms with Gasteiger partial charge in [0.15, 0.2) is 0 Å². The van der Waals surface area contributed by atoms with Gasteiger partial charge in [-0.05, 0) is 20.3 Å². The Morgan fingerprint density at radius 3 is 2.25 bits per heavy atom. The van der Waals surface area contributed by atoms with Crippen LogP contribution in [-0.2, 0) is 11.8 Å². The molecule has 1 N–H and O–H groups in total. The van der Waals surface area contributed by atoms with Gasteiger partial charge in [-0.1, -0.05) is 34.1 Å². The topological polar surface area (TPSA) is 38.0 Å². The van der Waals surface area contributed by atoms with Gasteiger partial charge in [-0.2, -0.15) is 5.10 Å². The van der Waals surface area contributed by atoms with Crippen molar-refractivity contribution < 1.29 is 5.11 Å². The van der Waals surface area contributed by atoms with Gasteiger partial charge in [0.05, 0.1) is 11.7 Å². The lowest BCUT2D eigenvalue weighted by Crippen LogP contribution is -2.15. The number of hydrogen-bond donors (Lipinski definition) is 1. The van der Waals surface area contributed by atoms with Gasteiger partial charge < -0.3 is 5.11 Å². The summed E-state index contributed by atoms with van der Waals surface area (Å²) in [5.41, 5.74) is 2.03. The van der Waals surface area contributed by atoms with Crippen molar-refractivity contribution in [2.24, 2.45) is 0 Å². The van der Waals surface area contributed by atoms with Crippen LogP contribution in [-0.4, -0.2) is 14.9 Å². The van der Waals surface area contributed by atoms with Crippen molar-refractivity contribution in [1.82, 2.24) is 9.78 Å². The first-order valence-corrected chi connectivity index (χ1v) is 6.09. The summed E-state index contributed by atoms with van der Waals surface area (Å²) in [7, 11) is 0. The lowest BCUT2D eigenvalue weighted by molar-refractivity contribution is 0.372. The third-order valence-corrected chi connectivity index (χ3v) is 2.68. The number of aromatic hydroxyl groups is 1. The van der Waals surface area contributed by atoms with Crippen LogP contribution in [0, 0.1) is 0 Å². The van der Waals surface area contributed by atoms with Crippen LogP contribution in [0.1, 0.15) is 65.3 Å². The van der Waals surface area contributed by atoms with E-state index < -0.39 is 0 Å². The molecule has 0 spiro atoms. The standard InChI is InChI=1S/C13H24N2O/c1-7-8-10-11(13(4,5)6)14-15(9(2)3)12(10)16/h9,16H,7-8H2,1-6H3. The van der Waals surface area contributed by atoms with E-state index in [9.17, 15) is 5.11 Å². The summed E-state index contributed by atoms with van der Waals surface area (Å²) in [5, 5.41) is 14.7. The summed E-state index contributed by atoms with van der Waals surface area (Å²) in [6.45, 7) is 12.6. The maximum atomic E-state index is 10.2. The third-order valence-electron chi connectivity index (χ3n) is 2.68. The van der Waals surface area contributed by atoms with E-state index in [0.29, 0.717) is 5.88 Å². The molecule has 1 aromatic heterocycles. The highest BCUT2D eigenvalue weighted by molar-refractivity contribution is 5.35. The van der Waals surface area contributed by atoms with E-state index in [1.54, 1.807) is 4.68 Å². The van der Waals surface area contributed by atoms with Gasteiger partial charge in [0.1, 0.15) is 0 Å². The van der Waals surface area contributed by atoms with E-state index in [2.05, 4.69) is 32.8 Å². The highest BCUT2D eigenvalue weighted by Crippen LogP contribution is 2.33. The molecular weight excluding hydrogens is 200 g/mol. The van der Waals surface area contributed by atoms with Crippen LogP contribution in [0.2, 0.25) is 0 Å². The first-order chi connectivity index (χ1) is 7.29. The molecular formula is C13H24N2O. The highest BCUT2D eigenvalue weighted by atomic mass is 16.3. The number of rotatable bonds is 3. The number of aromatic nitrogens is 2. The molecule has 0 aliphatic carbocycles. The van der Waals surface area contributed by atoms with Crippen LogP contribution in [0.4, 0.5) is 0 Å². The minimum Gasteiger partial charge on any atom is -0.493 e. The quantitative estimate of drug-likeness (QED) is 0.854. The molecule has 16 heavy (non-hydrogen) atoms. The fourth-order valence-electron chi connectivity index (χ4n) is 1.90. The molecule has 0 saturated heterocycles. The largest absolute Gasteiger partial charge is 0.493 e. The zero-order chi connectivity index (χ0) is 12.5. The molecule has 0 aromatic carbocycles. The van der Waals surface area contributed by atoms with Crippen LogP contribution in [0.3, 0.4) is 0 Å². The Hall–Kier alpha value is -0.990. The average Bonchev–Trinajstić information content (AvgIpc) is 2.44. The lowest BCUT2D eigenvalue weighted by atomic mass is 9.88. The summed E-state index contributed by atoms with van der Waals surface area (Å²) in [6, 6.07) is 0.201. The molecule has 1 rings (SSSR count). The third kappa shape index (κ3) is 2.39. The van der Waals surface area contributed by atoms with Gasteiger partial charge in [0, 0.05) is 11.0 Å². The van der Waals surface area contributed by atoms with Crippen molar-refractivity contribution in [3.8, 4) is 5.88 Å². The fraction of sp³-hybridized carbons (Fsp3) is 0.769. The van der Waals surface area contributed by atoms with Crippen molar-refractivity contribution in [2.75, 3.05) is 0 Å². The second-order valence-electron chi connectivity index (χ2n) is 5.69. The summed E-state index contributed by atoms with van der Waals surface area (Å²) in [6.07, 6.45) is 1.92. The molecule has 1 aromatic rings. The fourth-order valence-corrected chi connectivity index (χ4v) is 1.90. The van der Waals surface area contributed by atoms with Gasteiger partial charge in [-0.25, -0.2) is 4.68 Å². The van der Waals surface area contributed by atoms with Crippen molar-refractivity contribution in [1.29, 1.82) is 0 Å². The van der Waals surface area contributed by atoms with E-state index in [1.165, 1.54) is 0 Å². The molecule has 0 aliphatic rings. The van der Waals surface area contributed by atoms with Crippen LogP contribution in [0.5, 0.6) is 5.88 Å². The molecule has 3 nitrogen and oxygen atoms in total. The van der Waals surface area contributed by atoms with Gasteiger partial charge in [-0.3, -0.25) is 0 Å². The van der Waals surface area contributed by atoms with Crippen molar-refractivity contribution in [3.63, 3.8) is 0 Å². The smallest absolute Gasteiger partial charge is 0.213 e.